The first kappa shape index (κ1) is 23.4. The molecule has 4 rings (SSSR count). The summed E-state index contributed by atoms with van der Waals surface area (Å²) in [6, 6.07) is 22.2. The fourth-order valence-corrected chi connectivity index (χ4v) is 4.08. The van der Waals surface area contributed by atoms with Crippen molar-refractivity contribution in [1.82, 2.24) is 0 Å². The van der Waals surface area contributed by atoms with Gasteiger partial charge in [-0.1, -0.05) is 38.1 Å². The molecule has 0 saturated carbocycles. The van der Waals surface area contributed by atoms with Crippen LogP contribution in [0.3, 0.4) is 0 Å². The summed E-state index contributed by atoms with van der Waals surface area (Å²) in [4.78, 5) is 0. The summed E-state index contributed by atoms with van der Waals surface area (Å²) in [6.45, 7) is 6.43. The Morgan fingerprint density at radius 1 is 0.844 bits per heavy atom. The second kappa shape index (κ2) is 9.49. The summed E-state index contributed by atoms with van der Waals surface area (Å²) < 4.78 is 13.2. The summed E-state index contributed by atoms with van der Waals surface area (Å²) in [7, 11) is 3.29. The Labute approximate surface area is 195 Å². The molecule has 1 aromatic heterocycles. The number of pyridine rings is 1. The molecule has 0 aliphatic rings. The van der Waals surface area contributed by atoms with Crippen LogP contribution in [-0.2, 0) is 0 Å². The van der Waals surface area contributed by atoms with Crippen molar-refractivity contribution < 1.29 is 31.6 Å². The van der Waals surface area contributed by atoms with Crippen molar-refractivity contribution in [3.05, 3.63) is 78.0 Å². The number of aromatic nitrogens is 1. The van der Waals surface area contributed by atoms with Gasteiger partial charge in [0.05, 0.1) is 19.6 Å². The number of rotatable bonds is 5. The lowest BCUT2D eigenvalue weighted by Crippen LogP contribution is -3.00. The average molecular weight is 450 g/mol. The second-order valence-electron chi connectivity index (χ2n) is 8.03. The molecular weight excluding hydrogens is 422 g/mol. The van der Waals surface area contributed by atoms with Crippen molar-refractivity contribution in [2.75, 3.05) is 14.2 Å². The van der Waals surface area contributed by atoms with Crippen molar-refractivity contribution in [1.29, 1.82) is 0 Å². The minimum atomic E-state index is 0. The van der Waals surface area contributed by atoms with Crippen LogP contribution >= 0.6 is 0 Å². The molecule has 32 heavy (non-hydrogen) atoms. The molecule has 0 radical (unpaired) electrons. The molecular formula is C27H28ClNO3. The number of benzene rings is 3. The van der Waals surface area contributed by atoms with E-state index in [1.54, 1.807) is 20.3 Å². The van der Waals surface area contributed by atoms with Crippen molar-refractivity contribution in [3.8, 4) is 34.2 Å². The highest BCUT2D eigenvalue weighted by Gasteiger charge is 2.26. The molecule has 0 aliphatic heterocycles. The lowest BCUT2D eigenvalue weighted by Gasteiger charge is -2.14. The van der Waals surface area contributed by atoms with Gasteiger partial charge in [-0.25, -0.2) is 0 Å². The molecule has 4 aromatic rings. The average Bonchev–Trinajstić information content (AvgIpc) is 2.78. The lowest BCUT2D eigenvalue weighted by molar-refractivity contribution is -0.590. The third-order valence-corrected chi connectivity index (χ3v) is 5.72. The zero-order chi connectivity index (χ0) is 22.1. The topological polar surface area (TPSA) is 42.6 Å². The fourth-order valence-electron chi connectivity index (χ4n) is 4.08. The van der Waals surface area contributed by atoms with Crippen molar-refractivity contribution in [3.63, 3.8) is 0 Å². The van der Waals surface area contributed by atoms with Gasteiger partial charge in [-0.05, 0) is 47.2 Å². The van der Waals surface area contributed by atoms with Crippen LogP contribution in [0.1, 0.15) is 31.0 Å². The number of nitrogens with zero attached hydrogens (tertiary/aromatic N) is 1. The van der Waals surface area contributed by atoms with Crippen molar-refractivity contribution >= 4 is 10.8 Å². The zero-order valence-corrected chi connectivity index (χ0v) is 19.8. The number of hydrogen-bond donors (Lipinski definition) is 1. The first-order valence-electron chi connectivity index (χ1n) is 10.4. The summed E-state index contributed by atoms with van der Waals surface area (Å²) in [5.74, 6) is 2.05. The van der Waals surface area contributed by atoms with E-state index in [-0.39, 0.29) is 18.2 Å². The highest BCUT2D eigenvalue weighted by molar-refractivity contribution is 5.95. The van der Waals surface area contributed by atoms with Gasteiger partial charge in [-0.15, -0.1) is 0 Å². The SMILES string of the molecule is COc1cc2cc(C)[n+](-c3ccccc3O)c(-c3ccc(C(C)C)cc3)c2cc1OC.[Cl-]. The monoisotopic (exact) mass is 449 g/mol. The van der Waals surface area contributed by atoms with E-state index in [2.05, 4.69) is 55.7 Å². The van der Waals surface area contributed by atoms with Gasteiger partial charge in [0.1, 0.15) is 0 Å². The van der Waals surface area contributed by atoms with Gasteiger partial charge in [0, 0.05) is 24.6 Å². The molecule has 1 heterocycles. The number of ether oxygens (including phenoxy) is 2. The molecule has 0 aliphatic carbocycles. The van der Waals surface area contributed by atoms with E-state index >= 15 is 0 Å². The largest absolute Gasteiger partial charge is 1.00 e. The molecule has 0 bridgehead atoms. The minimum Gasteiger partial charge on any atom is -1.00 e. The third-order valence-electron chi connectivity index (χ3n) is 5.72. The van der Waals surface area contributed by atoms with E-state index in [1.807, 2.05) is 30.3 Å². The van der Waals surface area contributed by atoms with E-state index < -0.39 is 0 Å². The van der Waals surface area contributed by atoms with Gasteiger partial charge in [-0.3, -0.25) is 0 Å². The van der Waals surface area contributed by atoms with E-state index in [0.717, 1.165) is 33.4 Å². The number of phenols is 1. The molecule has 0 amide bonds. The Morgan fingerprint density at radius 2 is 1.47 bits per heavy atom. The summed E-state index contributed by atoms with van der Waals surface area (Å²) >= 11 is 0. The molecule has 5 heteroatoms. The van der Waals surface area contributed by atoms with Crippen LogP contribution in [0.15, 0.2) is 66.7 Å². The van der Waals surface area contributed by atoms with Gasteiger partial charge in [0.2, 0.25) is 5.69 Å². The molecule has 4 nitrogen and oxygen atoms in total. The number of phenolic OH excluding ortho intramolecular Hbond substituents is 1. The number of halogens is 1. The van der Waals surface area contributed by atoms with Gasteiger partial charge in [0.25, 0.3) is 5.69 Å². The fraction of sp³-hybridized carbons (Fsp3) is 0.222. The molecule has 0 atom stereocenters. The van der Waals surface area contributed by atoms with Gasteiger partial charge < -0.3 is 27.0 Å². The first-order chi connectivity index (χ1) is 14.9. The van der Waals surface area contributed by atoms with E-state index in [9.17, 15) is 5.11 Å². The molecule has 166 valence electrons. The molecule has 1 N–H and O–H groups in total. The van der Waals surface area contributed by atoms with Crippen LogP contribution in [0.2, 0.25) is 0 Å². The lowest BCUT2D eigenvalue weighted by atomic mass is 9.97. The highest BCUT2D eigenvalue weighted by Crippen LogP contribution is 2.37. The number of para-hydroxylation sites is 2. The number of hydrogen-bond acceptors (Lipinski definition) is 3. The maximum Gasteiger partial charge on any atom is 0.253 e. The predicted octanol–water partition coefficient (Wildman–Crippen LogP) is 2.94. The minimum absolute atomic E-state index is 0. The molecule has 0 spiro atoms. The summed E-state index contributed by atoms with van der Waals surface area (Å²) in [5.41, 5.74) is 5.08. The Bertz CT molecular complexity index is 1250. The molecule has 0 unspecified atom stereocenters. The first-order valence-corrected chi connectivity index (χ1v) is 10.4. The number of fused-ring (bicyclic) bond motifs is 1. The predicted molar refractivity (Wildman–Crippen MR) is 125 cm³/mol. The van der Waals surface area contributed by atoms with Gasteiger partial charge >= 0.3 is 0 Å². The van der Waals surface area contributed by atoms with Gasteiger partial charge in [0.15, 0.2) is 22.9 Å². The van der Waals surface area contributed by atoms with E-state index in [0.29, 0.717) is 17.4 Å². The van der Waals surface area contributed by atoms with E-state index in [4.69, 9.17) is 9.47 Å². The summed E-state index contributed by atoms with van der Waals surface area (Å²) in [6.07, 6.45) is 0. The zero-order valence-electron chi connectivity index (χ0n) is 19.0. The summed E-state index contributed by atoms with van der Waals surface area (Å²) in [5, 5.41) is 12.7. The number of aryl methyl sites for hydroxylation is 1. The van der Waals surface area contributed by atoms with Crippen molar-refractivity contribution in [2.45, 2.75) is 26.7 Å². The second-order valence-corrected chi connectivity index (χ2v) is 8.03. The van der Waals surface area contributed by atoms with Crippen LogP contribution in [-0.4, -0.2) is 19.3 Å². The molecule has 0 fully saturated rings. The standard InChI is InChI=1S/C27H27NO3.ClH/c1-17(2)19-10-12-20(13-11-19)27-22-16-26(31-5)25(30-4)15-21(22)14-18(3)28(27)23-8-6-7-9-24(23)29;/h6-17H,1-5H3;1H. The van der Waals surface area contributed by atoms with Crippen LogP contribution in [0.4, 0.5) is 0 Å². The van der Waals surface area contributed by atoms with Crippen molar-refractivity contribution in [2.24, 2.45) is 0 Å². The Hall–Kier alpha value is -3.24. The Kier molecular flexibility index (Phi) is 6.95. The highest BCUT2D eigenvalue weighted by atomic mass is 35.5. The maximum absolute atomic E-state index is 10.7. The van der Waals surface area contributed by atoms with Crippen LogP contribution < -0.4 is 26.4 Å². The van der Waals surface area contributed by atoms with Gasteiger partial charge in [-0.2, -0.15) is 4.57 Å². The Balaban J connectivity index is 0.00000289. The normalized spacial score (nSPS) is 10.8. The number of aromatic hydroxyl groups is 1. The smallest absolute Gasteiger partial charge is 0.253 e. The third kappa shape index (κ3) is 4.11. The Morgan fingerprint density at radius 3 is 2.06 bits per heavy atom. The van der Waals surface area contributed by atoms with Crippen LogP contribution in [0.25, 0.3) is 27.7 Å². The van der Waals surface area contributed by atoms with E-state index in [1.165, 1.54) is 5.56 Å². The molecule has 0 saturated heterocycles. The maximum atomic E-state index is 10.7. The number of methoxy groups -OCH3 is 2. The van der Waals surface area contributed by atoms with Crippen LogP contribution in [0.5, 0.6) is 17.2 Å². The molecule has 3 aromatic carbocycles. The van der Waals surface area contributed by atoms with Crippen LogP contribution in [0, 0.1) is 6.92 Å². The quantitative estimate of drug-likeness (QED) is 0.476.